The fourth-order valence-corrected chi connectivity index (χ4v) is 3.20. The summed E-state index contributed by atoms with van der Waals surface area (Å²) in [7, 11) is 0. The first-order valence-electron chi connectivity index (χ1n) is 8.64. The van der Waals surface area contributed by atoms with Gasteiger partial charge in [-0.2, -0.15) is 0 Å². The highest BCUT2D eigenvalue weighted by molar-refractivity contribution is 5.98. The van der Waals surface area contributed by atoms with Crippen molar-refractivity contribution in [2.24, 2.45) is 5.92 Å². The van der Waals surface area contributed by atoms with Crippen LogP contribution in [0.2, 0.25) is 0 Å². The lowest BCUT2D eigenvalue weighted by Crippen LogP contribution is -1.90. The van der Waals surface area contributed by atoms with E-state index < -0.39 is 0 Å². The van der Waals surface area contributed by atoms with E-state index in [0.29, 0.717) is 0 Å². The lowest BCUT2D eigenvalue weighted by atomic mass is 9.98. The fourth-order valence-electron chi connectivity index (χ4n) is 3.20. The second-order valence-electron chi connectivity index (χ2n) is 6.87. The lowest BCUT2D eigenvalue weighted by Gasteiger charge is -2.07. The molecule has 0 nitrogen and oxygen atoms in total. The summed E-state index contributed by atoms with van der Waals surface area (Å²) in [6.07, 6.45) is 6.61. The maximum Gasteiger partial charge on any atom is -0.0175 e. The van der Waals surface area contributed by atoms with Gasteiger partial charge in [0, 0.05) is 0 Å². The van der Waals surface area contributed by atoms with Gasteiger partial charge in [0.1, 0.15) is 0 Å². The molecule has 0 fully saturated rings. The van der Waals surface area contributed by atoms with Crippen LogP contribution in [-0.4, -0.2) is 0 Å². The Kier molecular flexibility index (Phi) is 4.77. The third-order valence-electron chi connectivity index (χ3n) is 4.52. The molecule has 0 atom stereocenters. The number of aryl methyl sites for hydroxylation is 1. The number of hydrogen-bond donors (Lipinski definition) is 0. The van der Waals surface area contributed by atoms with Gasteiger partial charge in [-0.15, -0.1) is 0 Å². The van der Waals surface area contributed by atoms with E-state index >= 15 is 0 Å². The van der Waals surface area contributed by atoms with Crippen LogP contribution in [0, 0.1) is 5.92 Å². The second kappa shape index (κ2) is 6.96. The summed E-state index contributed by atoms with van der Waals surface area (Å²) >= 11 is 0. The average Bonchev–Trinajstić information content (AvgIpc) is 2.52. The minimum absolute atomic E-state index is 0.842. The fraction of sp³-hybridized carbons (Fsp3) is 0.364. The molecule has 0 radical (unpaired) electrons. The Morgan fingerprint density at radius 1 is 0.682 bits per heavy atom. The quantitative estimate of drug-likeness (QED) is 0.348. The normalized spacial score (nSPS) is 11.6. The maximum atomic E-state index is 2.38. The topological polar surface area (TPSA) is 0 Å². The molecule has 0 N–H and O–H groups in total. The van der Waals surface area contributed by atoms with Crippen molar-refractivity contribution in [2.75, 3.05) is 0 Å². The third kappa shape index (κ3) is 3.68. The Labute approximate surface area is 134 Å². The second-order valence-corrected chi connectivity index (χ2v) is 6.87. The average molecular weight is 290 g/mol. The van der Waals surface area contributed by atoms with Crippen molar-refractivity contribution < 1.29 is 0 Å². The molecule has 0 bridgehead atoms. The number of rotatable bonds is 6. The molecule has 0 aromatic heterocycles. The zero-order valence-electron chi connectivity index (χ0n) is 13.8. The minimum atomic E-state index is 0.842. The summed E-state index contributed by atoms with van der Waals surface area (Å²) < 4.78 is 0. The molecule has 3 rings (SSSR count). The van der Waals surface area contributed by atoms with E-state index in [2.05, 4.69) is 68.4 Å². The largest absolute Gasteiger partial charge is 0.0628 e. The van der Waals surface area contributed by atoms with E-state index in [1.807, 2.05) is 0 Å². The van der Waals surface area contributed by atoms with Crippen molar-refractivity contribution in [3.05, 3.63) is 60.2 Å². The Morgan fingerprint density at radius 2 is 1.36 bits per heavy atom. The summed E-state index contributed by atoms with van der Waals surface area (Å²) in [5.74, 6) is 0.842. The van der Waals surface area contributed by atoms with Crippen LogP contribution in [0.15, 0.2) is 54.6 Å². The lowest BCUT2D eigenvalue weighted by molar-refractivity contribution is 0.527. The molecule has 22 heavy (non-hydrogen) atoms. The molecule has 0 saturated carbocycles. The molecule has 0 heteroatoms. The van der Waals surface area contributed by atoms with Crippen LogP contribution in [0.25, 0.3) is 21.5 Å². The molecule has 3 aromatic carbocycles. The van der Waals surface area contributed by atoms with Crippen molar-refractivity contribution in [1.29, 1.82) is 0 Å². The van der Waals surface area contributed by atoms with Gasteiger partial charge >= 0.3 is 0 Å². The number of fused-ring (bicyclic) bond motifs is 2. The molecule has 0 aliphatic rings. The summed E-state index contributed by atoms with van der Waals surface area (Å²) in [5.41, 5.74) is 1.48. The van der Waals surface area contributed by atoms with Gasteiger partial charge in [0.05, 0.1) is 0 Å². The van der Waals surface area contributed by atoms with E-state index in [1.165, 1.54) is 59.2 Å². The molecule has 0 heterocycles. The number of unbranched alkanes of at least 4 members (excludes halogenated alkanes) is 2. The van der Waals surface area contributed by atoms with Gasteiger partial charge in [-0.3, -0.25) is 0 Å². The van der Waals surface area contributed by atoms with Gasteiger partial charge in [-0.25, -0.2) is 0 Å². The van der Waals surface area contributed by atoms with E-state index in [0.717, 1.165) is 5.92 Å². The third-order valence-corrected chi connectivity index (χ3v) is 4.52. The Balaban J connectivity index is 1.71. The SMILES string of the molecule is CC(C)CCCCCc1ccc2cc3ccccc3cc2c1. The smallest absolute Gasteiger partial charge is 0.0175 e. The Hall–Kier alpha value is -1.82. The van der Waals surface area contributed by atoms with Gasteiger partial charge in [-0.05, 0) is 58.0 Å². The summed E-state index contributed by atoms with van der Waals surface area (Å²) in [5, 5.41) is 5.39. The summed E-state index contributed by atoms with van der Waals surface area (Å²) in [6, 6.07) is 20.2. The van der Waals surface area contributed by atoms with E-state index in [9.17, 15) is 0 Å². The molecule has 0 saturated heterocycles. The van der Waals surface area contributed by atoms with Gasteiger partial charge in [0.25, 0.3) is 0 Å². The van der Waals surface area contributed by atoms with Gasteiger partial charge < -0.3 is 0 Å². The van der Waals surface area contributed by atoms with Crippen LogP contribution < -0.4 is 0 Å². The molecule has 114 valence electrons. The predicted octanol–water partition coefficient (Wildman–Crippen LogP) is 6.75. The zero-order chi connectivity index (χ0) is 15.4. The van der Waals surface area contributed by atoms with Crippen LogP contribution >= 0.6 is 0 Å². The van der Waals surface area contributed by atoms with Crippen molar-refractivity contribution in [2.45, 2.75) is 46.0 Å². The molecule has 0 aliphatic heterocycles. The van der Waals surface area contributed by atoms with Crippen LogP contribution in [-0.2, 0) is 6.42 Å². The summed E-state index contributed by atoms with van der Waals surface area (Å²) in [4.78, 5) is 0. The van der Waals surface area contributed by atoms with Crippen molar-refractivity contribution in [1.82, 2.24) is 0 Å². The molecular formula is C22H26. The number of hydrogen-bond acceptors (Lipinski definition) is 0. The Bertz CT molecular complexity index is 752. The molecular weight excluding hydrogens is 264 g/mol. The highest BCUT2D eigenvalue weighted by atomic mass is 14.1. The van der Waals surface area contributed by atoms with Gasteiger partial charge in [0.2, 0.25) is 0 Å². The first kappa shape index (κ1) is 15.1. The Morgan fingerprint density at radius 3 is 2.09 bits per heavy atom. The summed E-state index contributed by atoms with van der Waals surface area (Å²) in [6.45, 7) is 4.63. The molecule has 0 aliphatic carbocycles. The van der Waals surface area contributed by atoms with Crippen LogP contribution in [0.3, 0.4) is 0 Å². The maximum absolute atomic E-state index is 2.38. The zero-order valence-corrected chi connectivity index (χ0v) is 13.8. The minimum Gasteiger partial charge on any atom is -0.0628 e. The number of benzene rings is 3. The van der Waals surface area contributed by atoms with Crippen LogP contribution in [0.5, 0.6) is 0 Å². The van der Waals surface area contributed by atoms with Crippen molar-refractivity contribution in [3.63, 3.8) is 0 Å². The van der Waals surface area contributed by atoms with E-state index in [1.54, 1.807) is 0 Å². The molecule has 0 unspecified atom stereocenters. The predicted molar refractivity (Wildman–Crippen MR) is 98.5 cm³/mol. The van der Waals surface area contributed by atoms with Gasteiger partial charge in [0.15, 0.2) is 0 Å². The molecule has 3 aromatic rings. The van der Waals surface area contributed by atoms with Crippen LogP contribution in [0.4, 0.5) is 0 Å². The first-order valence-corrected chi connectivity index (χ1v) is 8.64. The highest BCUT2D eigenvalue weighted by Gasteiger charge is 2.01. The van der Waals surface area contributed by atoms with Gasteiger partial charge in [-0.1, -0.05) is 75.6 Å². The molecule has 0 amide bonds. The standard InChI is InChI=1S/C22H26/c1-17(2)8-4-3-5-9-18-12-13-21-15-19-10-6-7-11-20(19)16-22(21)14-18/h6-7,10-17H,3-5,8-9H2,1-2H3. The van der Waals surface area contributed by atoms with Crippen molar-refractivity contribution in [3.8, 4) is 0 Å². The monoisotopic (exact) mass is 290 g/mol. The van der Waals surface area contributed by atoms with Crippen LogP contribution in [0.1, 0.15) is 45.1 Å². The molecule has 0 spiro atoms. The highest BCUT2D eigenvalue weighted by Crippen LogP contribution is 2.24. The first-order chi connectivity index (χ1) is 10.7. The van der Waals surface area contributed by atoms with E-state index in [-0.39, 0.29) is 0 Å². The van der Waals surface area contributed by atoms with Crippen molar-refractivity contribution >= 4 is 21.5 Å². The van der Waals surface area contributed by atoms with E-state index in [4.69, 9.17) is 0 Å².